The summed E-state index contributed by atoms with van der Waals surface area (Å²) < 4.78 is 9.90. The van der Waals surface area contributed by atoms with Gasteiger partial charge in [-0.2, -0.15) is 0 Å². The SMILES string of the molecule is COC(=O)[C@H](CNC(=O)OC(C)(C)C)NC(=O)c1c(C)cc(C(=O)NCc2cccc(O)c2)cc1C. The van der Waals surface area contributed by atoms with E-state index in [1.165, 1.54) is 7.11 Å². The maximum Gasteiger partial charge on any atom is 0.407 e. The van der Waals surface area contributed by atoms with Gasteiger partial charge in [-0.3, -0.25) is 9.59 Å². The smallest absolute Gasteiger partial charge is 0.407 e. The van der Waals surface area contributed by atoms with Crippen LogP contribution in [0.15, 0.2) is 36.4 Å². The second-order valence-electron chi connectivity index (χ2n) is 9.27. The first kappa shape index (κ1) is 28.2. The van der Waals surface area contributed by atoms with Crippen LogP contribution in [0.25, 0.3) is 0 Å². The van der Waals surface area contributed by atoms with Crippen LogP contribution in [0.1, 0.15) is 58.2 Å². The fourth-order valence-corrected chi connectivity index (χ4v) is 3.47. The van der Waals surface area contributed by atoms with Crippen LogP contribution in [-0.4, -0.2) is 54.3 Å². The highest BCUT2D eigenvalue weighted by Crippen LogP contribution is 2.18. The average Bonchev–Trinajstić information content (AvgIpc) is 2.78. The number of benzene rings is 2. The van der Waals surface area contributed by atoms with Gasteiger partial charge in [0.05, 0.1) is 13.7 Å². The highest BCUT2D eigenvalue weighted by atomic mass is 16.6. The Morgan fingerprint density at radius 3 is 2.17 bits per heavy atom. The molecule has 0 saturated carbocycles. The van der Waals surface area contributed by atoms with Crippen LogP contribution in [0.5, 0.6) is 5.75 Å². The number of methoxy groups -OCH3 is 1. The number of hydrogen-bond acceptors (Lipinski definition) is 7. The molecule has 4 N–H and O–H groups in total. The van der Waals surface area contributed by atoms with Gasteiger partial charge in [0.2, 0.25) is 0 Å². The Labute approximate surface area is 210 Å². The number of phenolic OH excluding ortho intramolecular Hbond substituents is 1. The summed E-state index contributed by atoms with van der Waals surface area (Å²) in [6.45, 7) is 8.45. The Bertz CT molecular complexity index is 1120. The van der Waals surface area contributed by atoms with Gasteiger partial charge in [-0.25, -0.2) is 9.59 Å². The molecule has 0 spiro atoms. The molecule has 0 saturated heterocycles. The summed E-state index contributed by atoms with van der Waals surface area (Å²) >= 11 is 0. The minimum absolute atomic E-state index is 0.107. The van der Waals surface area contributed by atoms with Gasteiger partial charge >= 0.3 is 12.1 Å². The van der Waals surface area contributed by atoms with E-state index in [0.717, 1.165) is 5.56 Å². The zero-order chi connectivity index (χ0) is 27.0. The maximum atomic E-state index is 13.0. The molecule has 2 aromatic carbocycles. The van der Waals surface area contributed by atoms with Crippen molar-refractivity contribution in [1.29, 1.82) is 0 Å². The third kappa shape index (κ3) is 8.30. The van der Waals surface area contributed by atoms with Crippen LogP contribution in [0.4, 0.5) is 4.79 Å². The predicted octanol–water partition coefficient (Wildman–Crippen LogP) is 2.74. The topological polar surface area (TPSA) is 143 Å². The average molecular weight is 500 g/mol. The van der Waals surface area contributed by atoms with Crippen molar-refractivity contribution in [3.05, 3.63) is 64.2 Å². The molecule has 0 bridgehead atoms. The van der Waals surface area contributed by atoms with Crippen LogP contribution >= 0.6 is 0 Å². The van der Waals surface area contributed by atoms with Gasteiger partial charge in [0.15, 0.2) is 0 Å². The molecule has 3 amide bonds. The first-order valence-corrected chi connectivity index (χ1v) is 11.3. The molecule has 0 aromatic heterocycles. The van der Waals surface area contributed by atoms with Gasteiger partial charge in [-0.15, -0.1) is 0 Å². The Morgan fingerprint density at radius 1 is 0.972 bits per heavy atom. The molecule has 0 heterocycles. The molecule has 0 aliphatic carbocycles. The lowest BCUT2D eigenvalue weighted by Crippen LogP contribution is -2.49. The molecule has 0 radical (unpaired) electrons. The lowest BCUT2D eigenvalue weighted by Gasteiger charge is -2.22. The van der Waals surface area contributed by atoms with E-state index in [-0.39, 0.29) is 24.7 Å². The van der Waals surface area contributed by atoms with Crippen molar-refractivity contribution in [3.63, 3.8) is 0 Å². The third-order valence-corrected chi connectivity index (χ3v) is 5.03. The standard InChI is InChI=1S/C26H33N3O7/c1-15-10-18(22(31)27-13-17-8-7-9-19(30)12-17)11-16(2)21(15)23(32)29-20(24(33)35-6)14-28-25(34)36-26(3,4)5/h7-12,20,30H,13-14H2,1-6H3,(H,27,31)(H,28,34)(H,29,32)/t20-/m0/s1. The normalized spacial score (nSPS) is 11.7. The van der Waals surface area contributed by atoms with E-state index >= 15 is 0 Å². The van der Waals surface area contributed by atoms with Crippen LogP contribution in [0.3, 0.4) is 0 Å². The zero-order valence-electron chi connectivity index (χ0n) is 21.4. The van der Waals surface area contributed by atoms with Crippen LogP contribution < -0.4 is 16.0 Å². The Balaban J connectivity index is 2.11. The van der Waals surface area contributed by atoms with Crippen molar-refractivity contribution >= 4 is 23.9 Å². The van der Waals surface area contributed by atoms with Gasteiger partial charge < -0.3 is 30.5 Å². The van der Waals surface area contributed by atoms with E-state index in [1.807, 2.05) is 0 Å². The molecule has 2 aromatic rings. The van der Waals surface area contributed by atoms with Gasteiger partial charge in [0.25, 0.3) is 11.8 Å². The Hall–Kier alpha value is -4.08. The van der Waals surface area contributed by atoms with Crippen molar-refractivity contribution in [2.45, 2.75) is 52.8 Å². The maximum absolute atomic E-state index is 13.0. The van der Waals surface area contributed by atoms with Crippen molar-refractivity contribution in [3.8, 4) is 5.75 Å². The van der Waals surface area contributed by atoms with Crippen LogP contribution in [0.2, 0.25) is 0 Å². The summed E-state index contributed by atoms with van der Waals surface area (Å²) in [5.74, 6) is -1.53. The number of phenols is 1. The van der Waals surface area contributed by atoms with Crippen molar-refractivity contribution in [2.75, 3.05) is 13.7 Å². The highest BCUT2D eigenvalue weighted by Gasteiger charge is 2.26. The number of rotatable bonds is 8. The molecule has 1 atom stereocenters. The van der Waals surface area contributed by atoms with E-state index in [0.29, 0.717) is 22.3 Å². The first-order chi connectivity index (χ1) is 16.8. The van der Waals surface area contributed by atoms with Crippen LogP contribution in [0, 0.1) is 13.8 Å². The van der Waals surface area contributed by atoms with E-state index in [4.69, 9.17) is 9.47 Å². The fourth-order valence-electron chi connectivity index (χ4n) is 3.47. The summed E-state index contributed by atoms with van der Waals surface area (Å²) in [5, 5.41) is 17.4. The molecule has 0 fully saturated rings. The molecular formula is C26H33N3O7. The lowest BCUT2D eigenvalue weighted by atomic mass is 9.98. The minimum atomic E-state index is -1.15. The molecule has 0 unspecified atom stereocenters. The van der Waals surface area contributed by atoms with Gasteiger partial charge in [0.1, 0.15) is 17.4 Å². The van der Waals surface area contributed by atoms with Gasteiger partial charge in [0, 0.05) is 17.7 Å². The summed E-state index contributed by atoms with van der Waals surface area (Å²) in [6, 6.07) is 8.55. The summed E-state index contributed by atoms with van der Waals surface area (Å²) in [5.41, 5.74) is 1.72. The summed E-state index contributed by atoms with van der Waals surface area (Å²) in [7, 11) is 1.18. The molecule has 194 valence electrons. The minimum Gasteiger partial charge on any atom is -0.508 e. The third-order valence-electron chi connectivity index (χ3n) is 5.03. The molecule has 2 rings (SSSR count). The number of nitrogens with one attached hydrogen (secondary N) is 3. The monoisotopic (exact) mass is 499 g/mol. The van der Waals surface area contributed by atoms with Gasteiger partial charge in [-0.05, 0) is 75.6 Å². The number of aryl methyl sites for hydroxylation is 2. The first-order valence-electron chi connectivity index (χ1n) is 11.3. The zero-order valence-corrected chi connectivity index (χ0v) is 21.4. The molecule has 0 aliphatic heterocycles. The quantitative estimate of drug-likeness (QED) is 0.409. The molecule has 0 aliphatic rings. The number of carbonyl (C=O) groups excluding carboxylic acids is 4. The van der Waals surface area contributed by atoms with Crippen molar-refractivity contribution < 1.29 is 33.8 Å². The van der Waals surface area contributed by atoms with E-state index in [9.17, 15) is 24.3 Å². The second-order valence-corrected chi connectivity index (χ2v) is 9.27. The largest absolute Gasteiger partial charge is 0.508 e. The van der Waals surface area contributed by atoms with Crippen LogP contribution in [-0.2, 0) is 20.8 Å². The molecule has 36 heavy (non-hydrogen) atoms. The number of esters is 1. The lowest BCUT2D eigenvalue weighted by molar-refractivity contribution is -0.142. The number of alkyl carbamates (subject to hydrolysis) is 1. The Morgan fingerprint density at radius 2 is 1.61 bits per heavy atom. The predicted molar refractivity (Wildman–Crippen MR) is 133 cm³/mol. The summed E-state index contributed by atoms with van der Waals surface area (Å²) in [4.78, 5) is 49.8. The highest BCUT2D eigenvalue weighted by molar-refractivity contribution is 6.01. The van der Waals surface area contributed by atoms with E-state index in [1.54, 1.807) is 71.0 Å². The number of hydrogen-bond donors (Lipinski definition) is 4. The molecule has 10 heteroatoms. The molecular weight excluding hydrogens is 466 g/mol. The molecule has 10 nitrogen and oxygen atoms in total. The number of amides is 3. The number of aromatic hydroxyl groups is 1. The Kier molecular flexibility index (Phi) is 9.43. The van der Waals surface area contributed by atoms with Crippen molar-refractivity contribution in [2.24, 2.45) is 0 Å². The van der Waals surface area contributed by atoms with Crippen molar-refractivity contribution in [1.82, 2.24) is 16.0 Å². The fraction of sp³-hybridized carbons (Fsp3) is 0.385. The van der Waals surface area contributed by atoms with Gasteiger partial charge in [-0.1, -0.05) is 12.1 Å². The second kappa shape index (κ2) is 12.1. The number of carbonyl (C=O) groups is 4. The summed E-state index contributed by atoms with van der Waals surface area (Å²) in [6.07, 6.45) is -0.737. The number of ether oxygens (including phenoxy) is 2. The van der Waals surface area contributed by atoms with E-state index in [2.05, 4.69) is 16.0 Å². The van der Waals surface area contributed by atoms with E-state index < -0.39 is 29.6 Å².